The molecule has 2 unspecified atom stereocenters. The number of rotatable bonds is 2. The van der Waals surface area contributed by atoms with Crippen molar-refractivity contribution in [1.29, 1.82) is 0 Å². The molecule has 1 aliphatic heterocycles. The lowest BCUT2D eigenvalue weighted by atomic mass is 9.95. The first kappa shape index (κ1) is 9.19. The summed E-state index contributed by atoms with van der Waals surface area (Å²) in [6, 6.07) is 2.24. The predicted molar refractivity (Wildman–Crippen MR) is 55.1 cm³/mol. The van der Waals surface area contributed by atoms with E-state index in [1.165, 1.54) is 16.9 Å². The summed E-state index contributed by atoms with van der Waals surface area (Å²) in [5, 5.41) is 5.34. The summed E-state index contributed by atoms with van der Waals surface area (Å²) in [6.45, 7) is 3.07. The van der Waals surface area contributed by atoms with Crippen LogP contribution >= 0.6 is 11.3 Å². The van der Waals surface area contributed by atoms with Gasteiger partial charge in [0, 0.05) is 5.92 Å². The third-order valence-electron chi connectivity index (χ3n) is 2.62. The van der Waals surface area contributed by atoms with Gasteiger partial charge in [-0.3, -0.25) is 5.32 Å². The van der Waals surface area contributed by atoms with E-state index in [1.54, 1.807) is 11.3 Å². The molecule has 0 aromatic carbocycles. The first-order valence-electron chi connectivity index (χ1n) is 4.73. The molecular formula is C10H15NOS. The van der Waals surface area contributed by atoms with E-state index >= 15 is 0 Å². The van der Waals surface area contributed by atoms with E-state index in [-0.39, 0.29) is 6.23 Å². The molecule has 0 fully saturated rings. The first-order chi connectivity index (χ1) is 6.36. The Morgan fingerprint density at radius 2 is 2.54 bits per heavy atom. The van der Waals surface area contributed by atoms with Crippen LogP contribution in [0.5, 0.6) is 0 Å². The van der Waals surface area contributed by atoms with E-state index in [9.17, 15) is 0 Å². The highest BCUT2D eigenvalue weighted by atomic mass is 32.1. The molecule has 0 saturated carbocycles. The van der Waals surface area contributed by atoms with Crippen molar-refractivity contribution in [2.24, 2.45) is 0 Å². The second-order valence-electron chi connectivity index (χ2n) is 3.35. The molecule has 0 aliphatic carbocycles. The Morgan fingerprint density at radius 3 is 3.23 bits per heavy atom. The number of fused-ring (bicyclic) bond motifs is 1. The molecule has 2 atom stereocenters. The van der Waals surface area contributed by atoms with Gasteiger partial charge in [-0.25, -0.2) is 0 Å². The Hall–Kier alpha value is -0.380. The molecule has 13 heavy (non-hydrogen) atoms. The third kappa shape index (κ3) is 1.52. The quantitative estimate of drug-likeness (QED) is 0.786. The summed E-state index contributed by atoms with van der Waals surface area (Å²) in [7, 11) is 1.94. The number of hydrogen-bond acceptors (Lipinski definition) is 3. The Balaban J connectivity index is 2.31. The van der Waals surface area contributed by atoms with Crippen molar-refractivity contribution < 1.29 is 4.74 Å². The maximum absolute atomic E-state index is 5.71. The molecule has 0 spiro atoms. The Morgan fingerprint density at radius 1 is 1.69 bits per heavy atom. The fraction of sp³-hybridized carbons (Fsp3) is 0.600. The van der Waals surface area contributed by atoms with E-state index in [0.29, 0.717) is 5.92 Å². The Bertz CT molecular complexity index is 258. The normalized spacial score (nSPS) is 27.2. The molecule has 72 valence electrons. The molecule has 2 nitrogen and oxygen atoms in total. The maximum Gasteiger partial charge on any atom is 0.143 e. The Labute approximate surface area is 82.9 Å². The van der Waals surface area contributed by atoms with Gasteiger partial charge in [-0.15, -0.1) is 11.3 Å². The van der Waals surface area contributed by atoms with Gasteiger partial charge in [-0.05, 0) is 30.5 Å². The molecule has 2 heterocycles. The maximum atomic E-state index is 5.71. The molecule has 3 heteroatoms. The van der Waals surface area contributed by atoms with Crippen LogP contribution in [0.15, 0.2) is 11.4 Å². The molecule has 2 rings (SSSR count). The SMILES string of the molecule is CCC1COC(NC)c2sccc21. The average molecular weight is 197 g/mol. The van der Waals surface area contributed by atoms with Crippen LogP contribution in [-0.2, 0) is 4.74 Å². The lowest BCUT2D eigenvalue weighted by Crippen LogP contribution is -2.27. The molecule has 1 aromatic heterocycles. The van der Waals surface area contributed by atoms with Gasteiger partial charge in [0.1, 0.15) is 6.23 Å². The summed E-state index contributed by atoms with van der Waals surface area (Å²) in [6.07, 6.45) is 1.29. The highest BCUT2D eigenvalue weighted by molar-refractivity contribution is 7.10. The minimum Gasteiger partial charge on any atom is -0.358 e. The fourth-order valence-corrected chi connectivity index (χ4v) is 2.85. The van der Waals surface area contributed by atoms with Gasteiger partial charge in [0.2, 0.25) is 0 Å². The van der Waals surface area contributed by atoms with Crippen LogP contribution in [0.2, 0.25) is 0 Å². The van der Waals surface area contributed by atoms with Crippen molar-refractivity contribution in [1.82, 2.24) is 5.32 Å². The van der Waals surface area contributed by atoms with Gasteiger partial charge in [-0.2, -0.15) is 0 Å². The van der Waals surface area contributed by atoms with Crippen LogP contribution in [0.4, 0.5) is 0 Å². The summed E-state index contributed by atoms with van der Waals surface area (Å²) in [5.41, 5.74) is 1.48. The van der Waals surface area contributed by atoms with E-state index in [0.717, 1.165) is 6.61 Å². The van der Waals surface area contributed by atoms with E-state index in [2.05, 4.69) is 23.7 Å². The standard InChI is InChI=1S/C10H15NOS/c1-3-7-6-12-10(11-2)9-8(7)4-5-13-9/h4-5,7,10-11H,3,6H2,1-2H3. The van der Waals surface area contributed by atoms with Crippen molar-refractivity contribution in [2.75, 3.05) is 13.7 Å². The lowest BCUT2D eigenvalue weighted by Gasteiger charge is -2.28. The molecule has 0 bridgehead atoms. The fourth-order valence-electron chi connectivity index (χ4n) is 1.81. The number of thiophene rings is 1. The Kier molecular flexibility index (Phi) is 2.67. The average Bonchev–Trinajstić information content (AvgIpc) is 2.64. The highest BCUT2D eigenvalue weighted by Gasteiger charge is 2.26. The highest BCUT2D eigenvalue weighted by Crippen LogP contribution is 2.37. The summed E-state index contributed by atoms with van der Waals surface area (Å²) >= 11 is 1.79. The third-order valence-corrected chi connectivity index (χ3v) is 3.60. The van der Waals surface area contributed by atoms with Crippen LogP contribution in [0.1, 0.15) is 35.9 Å². The number of hydrogen-bond donors (Lipinski definition) is 1. The van der Waals surface area contributed by atoms with E-state index in [1.807, 2.05) is 7.05 Å². The van der Waals surface area contributed by atoms with Crippen LogP contribution in [0.3, 0.4) is 0 Å². The van der Waals surface area contributed by atoms with E-state index < -0.39 is 0 Å². The molecule has 1 aromatic rings. The number of ether oxygens (including phenoxy) is 1. The molecule has 0 amide bonds. The summed E-state index contributed by atoms with van der Waals surface area (Å²) in [5.74, 6) is 0.603. The minimum atomic E-state index is 0.123. The minimum absolute atomic E-state index is 0.123. The lowest BCUT2D eigenvalue weighted by molar-refractivity contribution is 0.0128. The second-order valence-corrected chi connectivity index (χ2v) is 4.30. The summed E-state index contributed by atoms with van der Waals surface area (Å²) < 4.78 is 5.71. The summed E-state index contributed by atoms with van der Waals surface area (Å²) in [4.78, 5) is 1.36. The van der Waals surface area contributed by atoms with Gasteiger partial charge >= 0.3 is 0 Å². The van der Waals surface area contributed by atoms with Crippen LogP contribution in [0.25, 0.3) is 0 Å². The zero-order valence-electron chi connectivity index (χ0n) is 8.04. The smallest absolute Gasteiger partial charge is 0.143 e. The van der Waals surface area contributed by atoms with Crippen LogP contribution in [0, 0.1) is 0 Å². The van der Waals surface area contributed by atoms with Crippen LogP contribution in [-0.4, -0.2) is 13.7 Å². The monoisotopic (exact) mass is 197 g/mol. The van der Waals surface area contributed by atoms with Gasteiger partial charge in [0.05, 0.1) is 11.5 Å². The van der Waals surface area contributed by atoms with E-state index in [4.69, 9.17) is 4.74 Å². The van der Waals surface area contributed by atoms with Gasteiger partial charge in [0.15, 0.2) is 0 Å². The predicted octanol–water partition coefficient (Wildman–Crippen LogP) is 2.49. The number of nitrogens with one attached hydrogen (secondary N) is 1. The first-order valence-corrected chi connectivity index (χ1v) is 5.61. The molecule has 0 saturated heterocycles. The molecule has 1 aliphatic rings. The van der Waals surface area contributed by atoms with Crippen LogP contribution < -0.4 is 5.32 Å². The van der Waals surface area contributed by atoms with Gasteiger partial charge in [0.25, 0.3) is 0 Å². The zero-order valence-corrected chi connectivity index (χ0v) is 8.86. The van der Waals surface area contributed by atoms with Crippen molar-refractivity contribution in [3.05, 3.63) is 21.9 Å². The zero-order chi connectivity index (χ0) is 9.26. The largest absolute Gasteiger partial charge is 0.358 e. The molecule has 0 radical (unpaired) electrons. The van der Waals surface area contributed by atoms with Crippen molar-refractivity contribution in [3.8, 4) is 0 Å². The van der Waals surface area contributed by atoms with Gasteiger partial charge < -0.3 is 4.74 Å². The molecular weight excluding hydrogens is 182 g/mol. The second kappa shape index (κ2) is 3.78. The van der Waals surface area contributed by atoms with Crippen molar-refractivity contribution >= 4 is 11.3 Å². The molecule has 1 N–H and O–H groups in total. The topological polar surface area (TPSA) is 21.3 Å². The van der Waals surface area contributed by atoms with Crippen molar-refractivity contribution in [2.45, 2.75) is 25.5 Å². The van der Waals surface area contributed by atoms with Crippen molar-refractivity contribution in [3.63, 3.8) is 0 Å². The van der Waals surface area contributed by atoms with Gasteiger partial charge in [-0.1, -0.05) is 6.92 Å².